The summed E-state index contributed by atoms with van der Waals surface area (Å²) in [6, 6.07) is 6.69. The highest BCUT2D eigenvalue weighted by Crippen LogP contribution is 2.47. The van der Waals surface area contributed by atoms with Crippen molar-refractivity contribution >= 4 is 34.2 Å². The number of rotatable bonds is 5. The Bertz CT molecular complexity index is 1170. The van der Waals surface area contributed by atoms with Crippen LogP contribution in [0.2, 0.25) is 5.02 Å². The van der Waals surface area contributed by atoms with Crippen LogP contribution >= 0.6 is 11.6 Å². The molecular weight excluding hydrogens is 424 g/mol. The molecule has 1 fully saturated rings. The van der Waals surface area contributed by atoms with E-state index in [1.807, 2.05) is 0 Å². The summed E-state index contributed by atoms with van der Waals surface area (Å²) in [5.41, 5.74) is 1.07. The molecule has 2 heterocycles. The van der Waals surface area contributed by atoms with Crippen LogP contribution in [0.25, 0.3) is 10.9 Å². The summed E-state index contributed by atoms with van der Waals surface area (Å²) < 4.78 is 23.0. The van der Waals surface area contributed by atoms with Crippen molar-refractivity contribution in [3.63, 3.8) is 0 Å². The number of hydrogen-bond donors (Lipinski definition) is 2. The van der Waals surface area contributed by atoms with Crippen LogP contribution in [0.15, 0.2) is 30.6 Å². The zero-order chi connectivity index (χ0) is 21.4. The van der Waals surface area contributed by atoms with Crippen molar-refractivity contribution in [1.29, 1.82) is 0 Å². The van der Waals surface area contributed by atoms with Crippen molar-refractivity contribution < 1.29 is 23.7 Å². The van der Waals surface area contributed by atoms with Crippen LogP contribution < -0.4 is 29.6 Å². The summed E-state index contributed by atoms with van der Waals surface area (Å²) in [6.07, 6.45) is 3.41. The maximum atomic E-state index is 12.0. The maximum Gasteiger partial charge on any atom is 0.319 e. The van der Waals surface area contributed by atoms with Gasteiger partial charge < -0.3 is 29.6 Å². The number of anilines is 1. The Morgan fingerprint density at radius 3 is 2.71 bits per heavy atom. The highest BCUT2D eigenvalue weighted by Gasteiger charge is 2.25. The first-order valence-corrected chi connectivity index (χ1v) is 10.2. The number of ether oxygens (including phenoxy) is 4. The fourth-order valence-electron chi connectivity index (χ4n) is 3.25. The first kappa shape index (κ1) is 19.5. The van der Waals surface area contributed by atoms with Gasteiger partial charge in [0.25, 0.3) is 0 Å². The Morgan fingerprint density at radius 2 is 1.97 bits per heavy atom. The van der Waals surface area contributed by atoms with Crippen LogP contribution in [-0.4, -0.2) is 42.4 Å². The van der Waals surface area contributed by atoms with E-state index in [0.29, 0.717) is 57.8 Å². The lowest BCUT2D eigenvalue weighted by molar-refractivity contribution is 0.167. The van der Waals surface area contributed by atoms with E-state index in [9.17, 15) is 4.79 Å². The second-order valence-electron chi connectivity index (χ2n) is 7.12. The molecule has 2 N–H and O–H groups in total. The minimum absolute atomic E-state index is 0.253. The van der Waals surface area contributed by atoms with E-state index >= 15 is 0 Å². The normalized spacial score (nSPS) is 14.8. The third-order valence-corrected chi connectivity index (χ3v) is 5.19. The van der Waals surface area contributed by atoms with E-state index in [2.05, 4.69) is 20.6 Å². The smallest absolute Gasteiger partial charge is 0.319 e. The van der Waals surface area contributed by atoms with Gasteiger partial charge in [0.1, 0.15) is 30.7 Å². The SMILES string of the molecule is COc1cc2ncnc(Oc3ccc(NC(=O)NC4CC4)c(Cl)c3)c2c2c1OCCO2. The van der Waals surface area contributed by atoms with Crippen molar-refractivity contribution in [2.24, 2.45) is 0 Å². The summed E-state index contributed by atoms with van der Waals surface area (Å²) in [5.74, 6) is 2.21. The second kappa shape index (κ2) is 7.99. The van der Waals surface area contributed by atoms with Gasteiger partial charge in [0.2, 0.25) is 11.6 Å². The number of methoxy groups -OCH3 is 1. The van der Waals surface area contributed by atoms with Crippen LogP contribution in [0.3, 0.4) is 0 Å². The third kappa shape index (κ3) is 3.96. The molecule has 160 valence electrons. The topological polar surface area (TPSA) is 104 Å². The van der Waals surface area contributed by atoms with E-state index in [0.717, 1.165) is 12.8 Å². The van der Waals surface area contributed by atoms with Crippen LogP contribution in [0.1, 0.15) is 12.8 Å². The molecule has 2 aliphatic rings. The molecule has 31 heavy (non-hydrogen) atoms. The number of amides is 2. The molecule has 0 atom stereocenters. The molecule has 1 aliphatic carbocycles. The minimum Gasteiger partial charge on any atom is -0.493 e. The van der Waals surface area contributed by atoms with Crippen LogP contribution in [-0.2, 0) is 0 Å². The molecule has 5 rings (SSSR count). The van der Waals surface area contributed by atoms with Crippen molar-refractivity contribution in [2.45, 2.75) is 18.9 Å². The van der Waals surface area contributed by atoms with Crippen molar-refractivity contribution in [3.05, 3.63) is 35.6 Å². The molecule has 1 aromatic heterocycles. The lowest BCUT2D eigenvalue weighted by Crippen LogP contribution is -2.30. The molecule has 2 aromatic carbocycles. The minimum atomic E-state index is -0.280. The standard InChI is InChI=1S/C21H19ClN4O5/c1-28-16-9-15-17(19-18(16)29-6-7-30-19)20(24-10-23-15)31-12-4-5-14(13(22)8-12)26-21(27)25-11-2-3-11/h4-5,8-11H,2-3,6-7H2,1H3,(H2,25,26,27). The number of nitrogens with one attached hydrogen (secondary N) is 2. The van der Waals surface area contributed by atoms with Crippen molar-refractivity contribution in [2.75, 3.05) is 25.6 Å². The lowest BCUT2D eigenvalue weighted by Gasteiger charge is -2.22. The summed E-state index contributed by atoms with van der Waals surface area (Å²) in [4.78, 5) is 20.5. The number of urea groups is 1. The number of benzene rings is 2. The number of carbonyl (C=O) groups excluding carboxylic acids is 1. The Labute approximate surface area is 182 Å². The van der Waals surface area contributed by atoms with Gasteiger partial charge >= 0.3 is 6.03 Å². The maximum absolute atomic E-state index is 12.0. The van der Waals surface area contributed by atoms with E-state index in [-0.39, 0.29) is 18.0 Å². The summed E-state index contributed by atoms with van der Waals surface area (Å²) in [6.45, 7) is 0.801. The average Bonchev–Trinajstić information content (AvgIpc) is 3.59. The van der Waals surface area contributed by atoms with Gasteiger partial charge in [-0.05, 0) is 25.0 Å². The molecule has 0 unspecified atom stereocenters. The second-order valence-corrected chi connectivity index (χ2v) is 7.53. The van der Waals surface area contributed by atoms with Gasteiger partial charge in [-0.15, -0.1) is 0 Å². The summed E-state index contributed by atoms with van der Waals surface area (Å²) in [7, 11) is 1.56. The largest absolute Gasteiger partial charge is 0.493 e. The van der Waals surface area contributed by atoms with Gasteiger partial charge in [-0.2, -0.15) is 0 Å². The Balaban J connectivity index is 1.45. The zero-order valence-electron chi connectivity index (χ0n) is 16.6. The van der Waals surface area contributed by atoms with Gasteiger partial charge in [0.15, 0.2) is 11.5 Å². The van der Waals surface area contributed by atoms with E-state index in [4.69, 9.17) is 30.5 Å². The molecule has 10 heteroatoms. The number of halogens is 1. The van der Waals surface area contributed by atoms with Crippen molar-refractivity contribution in [1.82, 2.24) is 15.3 Å². The molecule has 0 saturated heterocycles. The van der Waals surface area contributed by atoms with Crippen LogP contribution in [0.4, 0.5) is 10.5 Å². The van der Waals surface area contributed by atoms with Gasteiger partial charge in [-0.1, -0.05) is 11.6 Å². The van der Waals surface area contributed by atoms with Crippen molar-refractivity contribution in [3.8, 4) is 28.9 Å². The number of carbonyl (C=O) groups is 1. The Hall–Kier alpha value is -3.46. The van der Waals surface area contributed by atoms with Gasteiger partial charge in [-0.25, -0.2) is 14.8 Å². The predicted molar refractivity (Wildman–Crippen MR) is 114 cm³/mol. The Morgan fingerprint density at radius 1 is 1.16 bits per heavy atom. The monoisotopic (exact) mass is 442 g/mol. The molecule has 2 amide bonds. The molecule has 1 saturated carbocycles. The molecule has 9 nitrogen and oxygen atoms in total. The first-order chi connectivity index (χ1) is 15.1. The summed E-state index contributed by atoms with van der Waals surface area (Å²) in [5, 5.41) is 6.50. The van der Waals surface area contributed by atoms with Crippen LogP contribution in [0, 0.1) is 0 Å². The highest BCUT2D eigenvalue weighted by molar-refractivity contribution is 6.33. The number of aromatic nitrogens is 2. The molecule has 0 spiro atoms. The van der Waals surface area contributed by atoms with Crippen LogP contribution in [0.5, 0.6) is 28.9 Å². The highest BCUT2D eigenvalue weighted by atomic mass is 35.5. The quantitative estimate of drug-likeness (QED) is 0.612. The molecule has 1 aliphatic heterocycles. The molecule has 0 bridgehead atoms. The Kier molecular flexibility index (Phi) is 5.03. The van der Waals surface area contributed by atoms with Gasteiger partial charge in [0.05, 0.1) is 23.3 Å². The van der Waals surface area contributed by atoms with E-state index < -0.39 is 0 Å². The molecule has 3 aromatic rings. The fourth-order valence-corrected chi connectivity index (χ4v) is 3.47. The first-order valence-electron chi connectivity index (χ1n) is 9.78. The van der Waals surface area contributed by atoms with Gasteiger partial charge in [-0.3, -0.25) is 0 Å². The van der Waals surface area contributed by atoms with Gasteiger partial charge in [0, 0.05) is 18.2 Å². The van der Waals surface area contributed by atoms with E-state index in [1.54, 1.807) is 31.4 Å². The van der Waals surface area contributed by atoms with E-state index in [1.165, 1.54) is 6.33 Å². The third-order valence-electron chi connectivity index (χ3n) is 4.88. The number of hydrogen-bond acceptors (Lipinski definition) is 7. The fraction of sp³-hybridized carbons (Fsp3) is 0.286. The lowest BCUT2D eigenvalue weighted by atomic mass is 10.1. The molecular formula is C21H19ClN4O5. The zero-order valence-corrected chi connectivity index (χ0v) is 17.4. The number of nitrogens with zero attached hydrogens (tertiary/aromatic N) is 2. The molecule has 0 radical (unpaired) electrons. The average molecular weight is 443 g/mol. The predicted octanol–water partition coefficient (Wildman–Crippen LogP) is 4.14. The summed E-state index contributed by atoms with van der Waals surface area (Å²) >= 11 is 6.35. The number of fused-ring (bicyclic) bond motifs is 3.